The first-order valence-corrected chi connectivity index (χ1v) is 4.34. The maximum atomic E-state index is 4.13. The first-order chi connectivity index (χ1) is 5.42. The number of aromatic nitrogens is 1. The van der Waals surface area contributed by atoms with Gasteiger partial charge in [-0.05, 0) is 42.4 Å². The summed E-state index contributed by atoms with van der Waals surface area (Å²) in [5.74, 6) is 0.868. The molecule has 0 amide bonds. The zero-order valence-corrected chi connectivity index (χ0v) is 6.88. The van der Waals surface area contributed by atoms with Crippen molar-refractivity contribution in [2.75, 3.05) is 0 Å². The number of nitrogens with zero attached hydrogens (tertiary/aromatic N) is 1. The Labute approximate surface area is 67.5 Å². The molecule has 1 heterocycles. The van der Waals surface area contributed by atoms with E-state index in [0.717, 1.165) is 12.3 Å². The van der Waals surface area contributed by atoms with Crippen LogP contribution in [0.3, 0.4) is 0 Å². The predicted molar refractivity (Wildman–Crippen MR) is 45.6 cm³/mol. The lowest BCUT2D eigenvalue weighted by molar-refractivity contribution is 1.00. The first-order valence-electron chi connectivity index (χ1n) is 4.34. The molecular weight excluding hydrogens is 134 g/mol. The van der Waals surface area contributed by atoms with E-state index >= 15 is 0 Å². The Hall–Kier alpha value is -0.850. The molecule has 1 aromatic rings. The van der Waals surface area contributed by atoms with Gasteiger partial charge in [0.2, 0.25) is 0 Å². The smallest absolute Gasteiger partial charge is 0.0302 e. The molecule has 2 rings (SSSR count). The number of rotatable bonds is 2. The molecule has 1 saturated carbocycles. The fourth-order valence-corrected chi connectivity index (χ4v) is 1.53. The third-order valence-corrected chi connectivity index (χ3v) is 2.34. The van der Waals surface area contributed by atoms with Crippen molar-refractivity contribution in [3.05, 3.63) is 29.6 Å². The van der Waals surface area contributed by atoms with Gasteiger partial charge in [0.15, 0.2) is 0 Å². The molecule has 1 heteroatoms. The van der Waals surface area contributed by atoms with Crippen molar-refractivity contribution in [3.8, 4) is 0 Å². The summed E-state index contributed by atoms with van der Waals surface area (Å²) >= 11 is 0. The minimum atomic E-state index is 0.868. The molecule has 0 atom stereocenters. The molecule has 11 heavy (non-hydrogen) atoms. The quantitative estimate of drug-likeness (QED) is 0.626. The largest absolute Gasteiger partial charge is 0.264 e. The average molecular weight is 147 g/mol. The minimum absolute atomic E-state index is 0.868. The molecule has 1 nitrogen and oxygen atoms in total. The van der Waals surface area contributed by atoms with Crippen molar-refractivity contribution < 1.29 is 0 Å². The maximum absolute atomic E-state index is 4.13. The second-order valence-corrected chi connectivity index (χ2v) is 3.20. The summed E-state index contributed by atoms with van der Waals surface area (Å²) in [4.78, 5) is 4.13. The lowest BCUT2D eigenvalue weighted by Gasteiger charge is -2.03. The molecule has 1 aromatic heterocycles. The van der Waals surface area contributed by atoms with Crippen LogP contribution in [0.1, 0.15) is 36.8 Å². The van der Waals surface area contributed by atoms with Crippen LogP contribution in [0.5, 0.6) is 0 Å². The van der Waals surface area contributed by atoms with E-state index in [9.17, 15) is 0 Å². The molecule has 0 radical (unpaired) electrons. The molecule has 0 aliphatic heterocycles. The average Bonchev–Trinajstić information content (AvgIpc) is 2.87. The van der Waals surface area contributed by atoms with E-state index < -0.39 is 0 Å². The molecule has 1 fully saturated rings. The summed E-state index contributed by atoms with van der Waals surface area (Å²) in [6.07, 6.45) is 7.81. The molecule has 0 saturated heterocycles. The summed E-state index contributed by atoms with van der Waals surface area (Å²) in [5, 5.41) is 0. The van der Waals surface area contributed by atoms with E-state index in [0.29, 0.717) is 0 Å². The number of pyridine rings is 1. The van der Waals surface area contributed by atoms with Crippen LogP contribution in [0.15, 0.2) is 18.5 Å². The SMILES string of the molecule is CCc1cnccc1C1CC1. The monoisotopic (exact) mass is 147 g/mol. The molecule has 1 aliphatic rings. The van der Waals surface area contributed by atoms with Gasteiger partial charge >= 0.3 is 0 Å². The molecule has 0 aromatic carbocycles. The van der Waals surface area contributed by atoms with E-state index in [1.54, 1.807) is 5.56 Å². The second kappa shape index (κ2) is 2.65. The van der Waals surface area contributed by atoms with Crippen LogP contribution in [0.4, 0.5) is 0 Å². The van der Waals surface area contributed by atoms with Gasteiger partial charge in [-0.3, -0.25) is 4.98 Å². The van der Waals surface area contributed by atoms with Gasteiger partial charge in [0.1, 0.15) is 0 Å². The van der Waals surface area contributed by atoms with Crippen molar-refractivity contribution in [1.82, 2.24) is 4.98 Å². The number of aryl methyl sites for hydroxylation is 1. The maximum Gasteiger partial charge on any atom is 0.0302 e. The van der Waals surface area contributed by atoms with Crippen molar-refractivity contribution in [2.24, 2.45) is 0 Å². The number of hydrogen-bond donors (Lipinski definition) is 0. The summed E-state index contributed by atoms with van der Waals surface area (Å²) in [5.41, 5.74) is 2.98. The van der Waals surface area contributed by atoms with Crippen LogP contribution in [0, 0.1) is 0 Å². The van der Waals surface area contributed by atoms with Gasteiger partial charge in [0.25, 0.3) is 0 Å². The Balaban J connectivity index is 2.34. The van der Waals surface area contributed by atoms with Gasteiger partial charge in [-0.15, -0.1) is 0 Å². The Morgan fingerprint density at radius 2 is 2.36 bits per heavy atom. The Morgan fingerprint density at radius 1 is 1.55 bits per heavy atom. The Kier molecular flexibility index (Phi) is 1.65. The zero-order valence-electron chi connectivity index (χ0n) is 6.88. The molecule has 0 bridgehead atoms. The summed E-state index contributed by atoms with van der Waals surface area (Å²) in [7, 11) is 0. The van der Waals surface area contributed by atoms with E-state index in [1.807, 2.05) is 12.4 Å². The predicted octanol–water partition coefficient (Wildman–Crippen LogP) is 2.52. The van der Waals surface area contributed by atoms with Gasteiger partial charge in [0, 0.05) is 12.4 Å². The van der Waals surface area contributed by atoms with Crippen molar-refractivity contribution in [2.45, 2.75) is 32.1 Å². The second-order valence-electron chi connectivity index (χ2n) is 3.20. The summed E-state index contributed by atoms with van der Waals surface area (Å²) in [6.45, 7) is 2.20. The van der Waals surface area contributed by atoms with Gasteiger partial charge < -0.3 is 0 Å². The third kappa shape index (κ3) is 1.28. The standard InChI is InChI=1S/C10H13N/c1-2-8-7-11-6-5-10(8)9-3-4-9/h5-7,9H,2-4H2,1H3. The van der Waals surface area contributed by atoms with Crippen LogP contribution in [-0.2, 0) is 6.42 Å². The van der Waals surface area contributed by atoms with Crippen LogP contribution < -0.4 is 0 Å². The van der Waals surface area contributed by atoms with Gasteiger partial charge in [-0.1, -0.05) is 6.92 Å². The summed E-state index contributed by atoms with van der Waals surface area (Å²) < 4.78 is 0. The molecule has 0 N–H and O–H groups in total. The molecular formula is C10H13N. The Morgan fingerprint density at radius 3 is 3.00 bits per heavy atom. The molecule has 58 valence electrons. The highest BCUT2D eigenvalue weighted by Gasteiger charge is 2.24. The van der Waals surface area contributed by atoms with E-state index in [4.69, 9.17) is 0 Å². The van der Waals surface area contributed by atoms with E-state index in [1.165, 1.54) is 18.4 Å². The van der Waals surface area contributed by atoms with Crippen molar-refractivity contribution in [3.63, 3.8) is 0 Å². The zero-order chi connectivity index (χ0) is 7.68. The van der Waals surface area contributed by atoms with Crippen LogP contribution in [0.2, 0.25) is 0 Å². The van der Waals surface area contributed by atoms with E-state index in [-0.39, 0.29) is 0 Å². The fraction of sp³-hybridized carbons (Fsp3) is 0.500. The first kappa shape index (κ1) is 6.84. The molecule has 0 spiro atoms. The third-order valence-electron chi connectivity index (χ3n) is 2.34. The van der Waals surface area contributed by atoms with E-state index in [2.05, 4.69) is 18.0 Å². The van der Waals surface area contributed by atoms with Gasteiger partial charge in [-0.25, -0.2) is 0 Å². The lowest BCUT2D eigenvalue weighted by atomic mass is 10.0. The Bertz CT molecular complexity index is 251. The van der Waals surface area contributed by atoms with Crippen molar-refractivity contribution in [1.29, 1.82) is 0 Å². The highest BCUT2D eigenvalue weighted by Crippen LogP contribution is 2.41. The minimum Gasteiger partial charge on any atom is -0.264 e. The highest BCUT2D eigenvalue weighted by molar-refractivity contribution is 5.30. The fourth-order valence-electron chi connectivity index (χ4n) is 1.53. The van der Waals surface area contributed by atoms with Crippen LogP contribution in [0.25, 0.3) is 0 Å². The normalized spacial score (nSPS) is 16.8. The lowest BCUT2D eigenvalue weighted by Crippen LogP contribution is -1.90. The molecule has 1 aliphatic carbocycles. The van der Waals surface area contributed by atoms with Gasteiger partial charge in [0.05, 0.1) is 0 Å². The topological polar surface area (TPSA) is 12.9 Å². The van der Waals surface area contributed by atoms with Crippen LogP contribution in [-0.4, -0.2) is 4.98 Å². The van der Waals surface area contributed by atoms with Crippen LogP contribution >= 0.6 is 0 Å². The van der Waals surface area contributed by atoms with Gasteiger partial charge in [-0.2, -0.15) is 0 Å². The molecule has 0 unspecified atom stereocenters. The highest BCUT2D eigenvalue weighted by atomic mass is 14.6. The summed E-state index contributed by atoms with van der Waals surface area (Å²) in [6, 6.07) is 2.18. The van der Waals surface area contributed by atoms with Crippen molar-refractivity contribution >= 4 is 0 Å². The number of hydrogen-bond acceptors (Lipinski definition) is 1.